The Kier molecular flexibility index (Phi) is 4.64. The van der Waals surface area contributed by atoms with Crippen molar-refractivity contribution in [1.82, 2.24) is 4.98 Å². The molecule has 0 saturated carbocycles. The number of nitrogens with zero attached hydrogens (tertiary/aromatic N) is 2. The van der Waals surface area contributed by atoms with Crippen molar-refractivity contribution in [1.29, 1.82) is 5.41 Å². The zero-order valence-corrected chi connectivity index (χ0v) is 12.1. The molecule has 0 amide bonds. The first-order chi connectivity index (χ1) is 9.15. The molecule has 1 fully saturated rings. The van der Waals surface area contributed by atoms with Crippen molar-refractivity contribution in [2.24, 2.45) is 5.73 Å². The lowest BCUT2D eigenvalue weighted by Gasteiger charge is -2.37. The monoisotopic (exact) mass is 280 g/mol. The molecule has 1 atom stereocenters. The quantitative estimate of drug-likeness (QED) is 0.657. The Morgan fingerprint density at radius 1 is 1.58 bits per heavy atom. The molecule has 19 heavy (non-hydrogen) atoms. The van der Waals surface area contributed by atoms with Gasteiger partial charge in [-0.15, -0.1) is 0 Å². The van der Waals surface area contributed by atoms with Crippen molar-refractivity contribution >= 4 is 23.3 Å². The van der Waals surface area contributed by atoms with Crippen LogP contribution in [0, 0.1) is 5.41 Å². The number of hydrogen-bond acceptors (Lipinski definition) is 3. The first kappa shape index (κ1) is 14.1. The fourth-order valence-corrected chi connectivity index (χ4v) is 3.08. The van der Waals surface area contributed by atoms with Gasteiger partial charge in [-0.3, -0.25) is 5.41 Å². The van der Waals surface area contributed by atoms with Crippen LogP contribution in [-0.2, 0) is 0 Å². The van der Waals surface area contributed by atoms with Crippen LogP contribution in [0.2, 0.25) is 5.02 Å². The van der Waals surface area contributed by atoms with Crippen LogP contribution in [-0.4, -0.2) is 23.4 Å². The summed E-state index contributed by atoms with van der Waals surface area (Å²) in [4.78, 5) is 6.71. The predicted octanol–water partition coefficient (Wildman–Crippen LogP) is 3.18. The topological polar surface area (TPSA) is 66.0 Å². The van der Waals surface area contributed by atoms with Crippen LogP contribution >= 0.6 is 11.6 Å². The zero-order valence-electron chi connectivity index (χ0n) is 11.3. The van der Waals surface area contributed by atoms with E-state index in [0.717, 1.165) is 25.2 Å². The molecule has 3 N–H and O–H groups in total. The summed E-state index contributed by atoms with van der Waals surface area (Å²) in [7, 11) is 0. The van der Waals surface area contributed by atoms with E-state index in [4.69, 9.17) is 22.7 Å². The van der Waals surface area contributed by atoms with Gasteiger partial charge in [0.05, 0.1) is 5.02 Å². The lowest BCUT2D eigenvalue weighted by atomic mass is 9.98. The van der Waals surface area contributed by atoms with Gasteiger partial charge < -0.3 is 10.6 Å². The van der Waals surface area contributed by atoms with Gasteiger partial charge in [-0.1, -0.05) is 24.9 Å². The van der Waals surface area contributed by atoms with Crippen molar-refractivity contribution in [3.05, 3.63) is 22.8 Å². The second-order valence-corrected chi connectivity index (χ2v) is 5.42. The van der Waals surface area contributed by atoms with Gasteiger partial charge in [0.25, 0.3) is 0 Å². The summed E-state index contributed by atoms with van der Waals surface area (Å²) in [5, 5.41) is 8.08. The summed E-state index contributed by atoms with van der Waals surface area (Å²) in [6.45, 7) is 3.19. The third-order valence-corrected chi connectivity index (χ3v) is 4.05. The third-order valence-electron chi connectivity index (χ3n) is 3.68. The smallest absolute Gasteiger partial charge is 0.148 e. The van der Waals surface area contributed by atoms with Gasteiger partial charge in [0.1, 0.15) is 11.7 Å². The normalized spacial score (nSPS) is 19.5. The molecule has 4 nitrogen and oxygen atoms in total. The number of pyridine rings is 1. The molecule has 0 aromatic carbocycles. The Morgan fingerprint density at radius 2 is 2.37 bits per heavy atom. The molecule has 1 unspecified atom stereocenters. The summed E-state index contributed by atoms with van der Waals surface area (Å²) in [5.74, 6) is 0.783. The van der Waals surface area contributed by atoms with E-state index in [-0.39, 0.29) is 5.84 Å². The number of aromatic nitrogens is 1. The first-order valence-corrected chi connectivity index (χ1v) is 7.28. The fraction of sp³-hybridized carbons (Fsp3) is 0.571. The number of amidine groups is 1. The van der Waals surface area contributed by atoms with Gasteiger partial charge in [0, 0.05) is 24.3 Å². The van der Waals surface area contributed by atoms with Gasteiger partial charge in [-0.05, 0) is 31.7 Å². The number of nitrogens with two attached hydrogens (primary N) is 1. The second-order valence-electron chi connectivity index (χ2n) is 5.04. The molecule has 1 saturated heterocycles. The van der Waals surface area contributed by atoms with E-state index >= 15 is 0 Å². The number of nitrogen functional groups attached to an aromatic ring is 1. The molecule has 1 aliphatic heterocycles. The summed E-state index contributed by atoms with van der Waals surface area (Å²) in [5.41, 5.74) is 6.14. The maximum Gasteiger partial charge on any atom is 0.148 e. The summed E-state index contributed by atoms with van der Waals surface area (Å²) >= 11 is 6.38. The molecule has 0 spiro atoms. The molecule has 1 aliphatic rings. The summed E-state index contributed by atoms with van der Waals surface area (Å²) < 4.78 is 0. The van der Waals surface area contributed by atoms with Crippen molar-refractivity contribution in [3.63, 3.8) is 0 Å². The van der Waals surface area contributed by atoms with E-state index in [1.807, 2.05) is 0 Å². The second kappa shape index (κ2) is 6.24. The van der Waals surface area contributed by atoms with Gasteiger partial charge in [0.15, 0.2) is 0 Å². The van der Waals surface area contributed by atoms with Gasteiger partial charge in [0.2, 0.25) is 0 Å². The van der Waals surface area contributed by atoms with Crippen LogP contribution in [0.3, 0.4) is 0 Å². The average molecular weight is 281 g/mol. The highest BCUT2D eigenvalue weighted by Crippen LogP contribution is 2.32. The van der Waals surface area contributed by atoms with E-state index < -0.39 is 0 Å². The lowest BCUT2D eigenvalue weighted by Crippen LogP contribution is -2.40. The minimum atomic E-state index is -0.00213. The Hall–Kier alpha value is -1.29. The third kappa shape index (κ3) is 3.00. The van der Waals surface area contributed by atoms with Crippen LogP contribution < -0.4 is 10.6 Å². The number of piperidine rings is 1. The van der Waals surface area contributed by atoms with Crippen LogP contribution in [0.15, 0.2) is 12.3 Å². The van der Waals surface area contributed by atoms with Gasteiger partial charge >= 0.3 is 0 Å². The summed E-state index contributed by atoms with van der Waals surface area (Å²) in [6.07, 6.45) is 7.63. The first-order valence-electron chi connectivity index (χ1n) is 6.90. The molecular weight excluding hydrogens is 260 g/mol. The molecule has 2 heterocycles. The molecule has 104 valence electrons. The SMILES string of the molecule is CCCC1CCCCN1c1nccc(C(=N)N)c1Cl. The number of anilines is 1. The molecule has 1 aromatic heterocycles. The molecule has 5 heteroatoms. The Labute approximate surface area is 119 Å². The highest BCUT2D eigenvalue weighted by Gasteiger charge is 2.25. The van der Waals surface area contributed by atoms with E-state index in [1.165, 1.54) is 19.3 Å². The highest BCUT2D eigenvalue weighted by atomic mass is 35.5. The van der Waals surface area contributed by atoms with Gasteiger partial charge in [-0.25, -0.2) is 4.98 Å². The zero-order chi connectivity index (χ0) is 13.8. The van der Waals surface area contributed by atoms with E-state index in [2.05, 4.69) is 16.8 Å². The van der Waals surface area contributed by atoms with E-state index in [0.29, 0.717) is 16.6 Å². The molecule has 2 rings (SSSR count). The Bertz CT molecular complexity index is 459. The number of halogens is 1. The van der Waals surface area contributed by atoms with E-state index in [1.54, 1.807) is 12.3 Å². The van der Waals surface area contributed by atoms with Crippen LogP contribution in [0.1, 0.15) is 44.6 Å². The predicted molar refractivity (Wildman–Crippen MR) is 80.2 cm³/mol. The molecule has 0 bridgehead atoms. The summed E-state index contributed by atoms with van der Waals surface area (Å²) in [6, 6.07) is 2.21. The number of nitrogens with one attached hydrogen (secondary N) is 1. The van der Waals surface area contributed by atoms with Crippen LogP contribution in [0.25, 0.3) is 0 Å². The fourth-order valence-electron chi connectivity index (χ4n) is 2.75. The molecule has 1 aromatic rings. The van der Waals surface area contributed by atoms with Crippen molar-refractivity contribution < 1.29 is 0 Å². The van der Waals surface area contributed by atoms with E-state index in [9.17, 15) is 0 Å². The van der Waals surface area contributed by atoms with Crippen molar-refractivity contribution in [2.45, 2.75) is 45.1 Å². The molecule has 0 aliphatic carbocycles. The molecular formula is C14H21ClN4. The number of hydrogen-bond donors (Lipinski definition) is 2. The average Bonchev–Trinajstić information content (AvgIpc) is 2.40. The minimum Gasteiger partial charge on any atom is -0.384 e. The van der Waals surface area contributed by atoms with Crippen molar-refractivity contribution in [3.8, 4) is 0 Å². The minimum absolute atomic E-state index is 0.00213. The Balaban J connectivity index is 2.33. The van der Waals surface area contributed by atoms with Crippen molar-refractivity contribution in [2.75, 3.05) is 11.4 Å². The lowest BCUT2D eigenvalue weighted by molar-refractivity contribution is 0.432. The maximum absolute atomic E-state index is 7.57. The maximum atomic E-state index is 7.57. The molecule has 0 radical (unpaired) electrons. The highest BCUT2D eigenvalue weighted by molar-refractivity contribution is 6.36. The Morgan fingerprint density at radius 3 is 3.05 bits per heavy atom. The standard InChI is InChI=1S/C14H21ClN4/c1-2-5-10-6-3-4-9-19(10)14-12(15)11(13(16)17)7-8-18-14/h7-8,10H,2-6,9H2,1H3,(H3,16,17). The van der Waals surface area contributed by atoms with Crippen LogP contribution in [0.5, 0.6) is 0 Å². The van der Waals surface area contributed by atoms with Crippen LogP contribution in [0.4, 0.5) is 5.82 Å². The van der Waals surface area contributed by atoms with Gasteiger partial charge in [-0.2, -0.15) is 0 Å². The largest absolute Gasteiger partial charge is 0.384 e. The number of rotatable bonds is 4.